The van der Waals surface area contributed by atoms with E-state index >= 15 is 0 Å². The van der Waals surface area contributed by atoms with Crippen LogP contribution in [0.15, 0.2) is 57.0 Å². The highest BCUT2D eigenvalue weighted by molar-refractivity contribution is 9.10. The molecule has 0 bridgehead atoms. The van der Waals surface area contributed by atoms with Gasteiger partial charge in [-0.15, -0.1) is 11.8 Å². The lowest BCUT2D eigenvalue weighted by atomic mass is 10.1. The molecule has 104 valence electrons. The van der Waals surface area contributed by atoms with Crippen molar-refractivity contribution in [1.29, 1.82) is 0 Å². The molecule has 6 heteroatoms. The highest BCUT2D eigenvalue weighted by Gasteiger charge is 2.08. The molecule has 0 unspecified atom stereocenters. The van der Waals surface area contributed by atoms with Crippen molar-refractivity contribution in [3.8, 4) is 0 Å². The lowest BCUT2D eigenvalue weighted by Crippen LogP contribution is -2.13. The van der Waals surface area contributed by atoms with Gasteiger partial charge in [-0.3, -0.25) is 0 Å². The van der Waals surface area contributed by atoms with Crippen LogP contribution in [0.1, 0.15) is 11.1 Å². The summed E-state index contributed by atoms with van der Waals surface area (Å²) in [4.78, 5) is 1.05. The molecule has 0 fully saturated rings. The summed E-state index contributed by atoms with van der Waals surface area (Å²) in [7, 11) is 0. The Kier molecular flexibility index (Phi) is 5.03. The zero-order valence-electron chi connectivity index (χ0n) is 10.4. The van der Waals surface area contributed by atoms with Crippen molar-refractivity contribution in [3.63, 3.8) is 0 Å². The summed E-state index contributed by atoms with van der Waals surface area (Å²) >= 11 is 4.99. The molecule has 3 nitrogen and oxygen atoms in total. The minimum atomic E-state index is -0.367. The Morgan fingerprint density at radius 2 is 2.05 bits per heavy atom. The van der Waals surface area contributed by atoms with Crippen molar-refractivity contribution < 1.29 is 9.60 Å². The first kappa shape index (κ1) is 14.9. The third kappa shape index (κ3) is 3.52. The van der Waals surface area contributed by atoms with Crippen LogP contribution < -0.4 is 5.73 Å². The summed E-state index contributed by atoms with van der Waals surface area (Å²) in [5.74, 6) is 0.0350. The Morgan fingerprint density at radius 3 is 2.70 bits per heavy atom. The van der Waals surface area contributed by atoms with E-state index in [-0.39, 0.29) is 11.7 Å². The molecule has 0 radical (unpaired) electrons. The van der Waals surface area contributed by atoms with E-state index in [0.29, 0.717) is 16.9 Å². The van der Waals surface area contributed by atoms with E-state index in [1.165, 1.54) is 17.8 Å². The maximum atomic E-state index is 13.9. The fraction of sp³-hybridized carbons (Fsp3) is 0.0714. The standard InChI is InChI=1S/C14H12BrFN2OS/c15-11-3-1-2-4-13(11)20-8-10-6-5-9(7-12(10)16)14(17)18-19/h1-7,19H,8H2,(H2,17,18). The minimum Gasteiger partial charge on any atom is -0.409 e. The number of hydrogen-bond acceptors (Lipinski definition) is 3. The number of amidine groups is 1. The molecule has 0 atom stereocenters. The summed E-state index contributed by atoms with van der Waals surface area (Å²) in [5, 5.41) is 11.4. The van der Waals surface area contributed by atoms with E-state index in [4.69, 9.17) is 10.9 Å². The Bertz CT molecular complexity index is 649. The van der Waals surface area contributed by atoms with Gasteiger partial charge >= 0.3 is 0 Å². The number of benzene rings is 2. The van der Waals surface area contributed by atoms with Crippen LogP contribution in [0.4, 0.5) is 4.39 Å². The molecule has 0 saturated heterocycles. The van der Waals surface area contributed by atoms with Crippen molar-refractivity contribution in [1.82, 2.24) is 0 Å². The third-order valence-electron chi connectivity index (χ3n) is 2.68. The summed E-state index contributed by atoms with van der Waals surface area (Å²) in [6.45, 7) is 0. The highest BCUT2D eigenvalue weighted by Crippen LogP contribution is 2.30. The van der Waals surface area contributed by atoms with Crippen LogP contribution in [0.3, 0.4) is 0 Å². The monoisotopic (exact) mass is 354 g/mol. The normalized spacial score (nSPS) is 11.6. The quantitative estimate of drug-likeness (QED) is 0.287. The summed E-state index contributed by atoms with van der Waals surface area (Å²) < 4.78 is 14.9. The molecule has 3 N–H and O–H groups in total. The molecule has 0 aliphatic carbocycles. The minimum absolute atomic E-state index is 0.103. The van der Waals surface area contributed by atoms with Crippen LogP contribution in [0.5, 0.6) is 0 Å². The van der Waals surface area contributed by atoms with Crippen molar-refractivity contribution in [2.45, 2.75) is 10.6 Å². The first-order valence-electron chi connectivity index (χ1n) is 5.75. The average molecular weight is 355 g/mol. The predicted molar refractivity (Wildman–Crippen MR) is 82.6 cm³/mol. The second kappa shape index (κ2) is 6.76. The highest BCUT2D eigenvalue weighted by atomic mass is 79.9. The van der Waals surface area contributed by atoms with E-state index in [0.717, 1.165) is 9.37 Å². The van der Waals surface area contributed by atoms with Gasteiger partial charge in [0.05, 0.1) is 0 Å². The smallest absolute Gasteiger partial charge is 0.170 e. The number of nitrogens with zero attached hydrogens (tertiary/aromatic N) is 1. The maximum absolute atomic E-state index is 13.9. The Morgan fingerprint density at radius 1 is 1.30 bits per heavy atom. The zero-order chi connectivity index (χ0) is 14.5. The third-order valence-corrected chi connectivity index (χ3v) is 4.75. The SMILES string of the molecule is N/C(=N\O)c1ccc(CSc2ccccc2Br)c(F)c1. The van der Waals surface area contributed by atoms with Crippen LogP contribution in [-0.2, 0) is 5.75 Å². The molecule has 0 aliphatic heterocycles. The van der Waals surface area contributed by atoms with E-state index in [2.05, 4.69) is 21.1 Å². The van der Waals surface area contributed by atoms with Crippen LogP contribution in [0, 0.1) is 5.82 Å². The number of hydrogen-bond donors (Lipinski definition) is 2. The van der Waals surface area contributed by atoms with Gasteiger partial charge in [-0.25, -0.2) is 4.39 Å². The molecule has 2 rings (SSSR count). The van der Waals surface area contributed by atoms with Gasteiger partial charge in [0.2, 0.25) is 0 Å². The van der Waals surface area contributed by atoms with Crippen LogP contribution >= 0.6 is 27.7 Å². The van der Waals surface area contributed by atoms with Gasteiger partial charge < -0.3 is 10.9 Å². The number of oxime groups is 1. The van der Waals surface area contributed by atoms with Crippen LogP contribution in [0.2, 0.25) is 0 Å². The fourth-order valence-corrected chi connectivity index (χ4v) is 3.15. The molecule has 0 aliphatic rings. The van der Waals surface area contributed by atoms with Crippen molar-refractivity contribution >= 4 is 33.5 Å². The van der Waals surface area contributed by atoms with E-state index in [1.54, 1.807) is 12.1 Å². The molecular weight excluding hydrogens is 343 g/mol. The molecule has 0 amide bonds. The van der Waals surface area contributed by atoms with Gasteiger partial charge in [0, 0.05) is 20.7 Å². The second-order valence-electron chi connectivity index (χ2n) is 4.01. The van der Waals surface area contributed by atoms with Gasteiger partial charge in [0.25, 0.3) is 0 Å². The predicted octanol–water partition coefficient (Wildman–Crippen LogP) is 3.98. The average Bonchev–Trinajstić information content (AvgIpc) is 2.46. The summed E-state index contributed by atoms with van der Waals surface area (Å²) in [6, 6.07) is 12.3. The number of halogens is 2. The largest absolute Gasteiger partial charge is 0.409 e. The lowest BCUT2D eigenvalue weighted by molar-refractivity contribution is 0.318. The molecule has 2 aromatic rings. The van der Waals surface area contributed by atoms with Gasteiger partial charge in [-0.05, 0) is 39.7 Å². The van der Waals surface area contributed by atoms with Gasteiger partial charge in [-0.2, -0.15) is 0 Å². The fourth-order valence-electron chi connectivity index (χ4n) is 1.60. The van der Waals surface area contributed by atoms with Crippen LogP contribution in [0.25, 0.3) is 0 Å². The maximum Gasteiger partial charge on any atom is 0.170 e. The molecule has 0 aromatic heterocycles. The number of rotatable bonds is 4. The van der Waals surface area contributed by atoms with Crippen molar-refractivity contribution in [3.05, 3.63) is 63.9 Å². The zero-order valence-corrected chi connectivity index (χ0v) is 12.8. The van der Waals surface area contributed by atoms with Crippen molar-refractivity contribution in [2.75, 3.05) is 0 Å². The molecule has 0 heterocycles. The van der Waals surface area contributed by atoms with Gasteiger partial charge in [0.1, 0.15) is 5.82 Å². The van der Waals surface area contributed by atoms with E-state index < -0.39 is 0 Å². The van der Waals surface area contributed by atoms with Crippen molar-refractivity contribution in [2.24, 2.45) is 10.9 Å². The summed E-state index contributed by atoms with van der Waals surface area (Å²) in [5.41, 5.74) is 6.35. The molecule has 0 saturated carbocycles. The number of nitrogens with two attached hydrogens (primary N) is 1. The molecular formula is C14H12BrFN2OS. The van der Waals surface area contributed by atoms with Crippen LogP contribution in [-0.4, -0.2) is 11.0 Å². The van der Waals surface area contributed by atoms with E-state index in [1.807, 2.05) is 24.3 Å². The summed E-state index contributed by atoms with van der Waals surface area (Å²) in [6.07, 6.45) is 0. The first-order chi connectivity index (χ1) is 9.61. The molecule has 2 aromatic carbocycles. The second-order valence-corrected chi connectivity index (χ2v) is 5.88. The number of thioether (sulfide) groups is 1. The Labute approximate surface area is 128 Å². The molecule has 20 heavy (non-hydrogen) atoms. The van der Waals surface area contributed by atoms with E-state index in [9.17, 15) is 4.39 Å². The van der Waals surface area contributed by atoms with Gasteiger partial charge in [-0.1, -0.05) is 29.4 Å². The topological polar surface area (TPSA) is 58.6 Å². The Balaban J connectivity index is 2.13. The lowest BCUT2D eigenvalue weighted by Gasteiger charge is -2.07. The van der Waals surface area contributed by atoms with Gasteiger partial charge in [0.15, 0.2) is 5.84 Å². The molecule has 0 spiro atoms. The Hall–Kier alpha value is -1.53. The first-order valence-corrected chi connectivity index (χ1v) is 7.53.